The molecule has 4 aromatic rings. The van der Waals surface area contributed by atoms with E-state index in [9.17, 15) is 5.11 Å². The summed E-state index contributed by atoms with van der Waals surface area (Å²) < 4.78 is 5.27. The van der Waals surface area contributed by atoms with Crippen molar-refractivity contribution in [2.24, 2.45) is 0 Å². The minimum atomic E-state index is -0.789. The molecule has 0 spiro atoms. The maximum atomic E-state index is 11.2. The molecule has 0 fully saturated rings. The highest BCUT2D eigenvalue weighted by Crippen LogP contribution is 2.41. The maximum absolute atomic E-state index is 11.2. The van der Waals surface area contributed by atoms with Crippen LogP contribution in [0.2, 0.25) is 0 Å². The Labute approximate surface area is 160 Å². The first-order valence-corrected chi connectivity index (χ1v) is 9.21. The van der Waals surface area contributed by atoms with E-state index in [1.807, 2.05) is 43.3 Å². The van der Waals surface area contributed by atoms with E-state index in [1.54, 1.807) is 30.8 Å². The molecule has 1 atom stereocenters. The molecule has 0 aliphatic heterocycles. The Hall–Kier alpha value is -3.03. The van der Waals surface area contributed by atoms with Crippen molar-refractivity contribution in [1.82, 2.24) is 20.2 Å². The first-order chi connectivity index (χ1) is 13.2. The van der Waals surface area contributed by atoms with Gasteiger partial charge in [0.1, 0.15) is 18.2 Å². The number of H-pyrrole nitrogens is 1. The van der Waals surface area contributed by atoms with Gasteiger partial charge in [0.2, 0.25) is 0 Å². The topological polar surface area (TPSA) is 83.9 Å². The lowest BCUT2D eigenvalue weighted by molar-refractivity contribution is 0.220. The summed E-state index contributed by atoms with van der Waals surface area (Å²) in [5, 5.41) is 18.0. The zero-order valence-electron chi connectivity index (χ0n) is 14.9. The van der Waals surface area contributed by atoms with Crippen LogP contribution in [0.15, 0.2) is 55.1 Å². The number of ether oxygens (including phenoxy) is 1. The SMILES string of the molecule is COc1ccc(C(O)c2cc(-c3ccncc3)sc2-c2ncn[nH]2)c(C)c1. The van der Waals surface area contributed by atoms with Gasteiger partial charge in [-0.3, -0.25) is 10.1 Å². The number of aliphatic hydroxyl groups excluding tert-OH is 1. The number of nitrogens with zero attached hydrogens (tertiary/aromatic N) is 3. The van der Waals surface area contributed by atoms with Crippen molar-refractivity contribution in [1.29, 1.82) is 0 Å². The van der Waals surface area contributed by atoms with Crippen LogP contribution >= 0.6 is 11.3 Å². The van der Waals surface area contributed by atoms with Crippen molar-refractivity contribution in [3.05, 3.63) is 71.8 Å². The van der Waals surface area contributed by atoms with Gasteiger partial charge >= 0.3 is 0 Å². The lowest BCUT2D eigenvalue weighted by atomic mass is 9.97. The molecule has 4 rings (SSSR count). The van der Waals surface area contributed by atoms with Crippen molar-refractivity contribution >= 4 is 11.3 Å². The number of methoxy groups -OCH3 is 1. The predicted molar refractivity (Wildman–Crippen MR) is 105 cm³/mol. The van der Waals surface area contributed by atoms with Gasteiger partial charge in [-0.2, -0.15) is 5.10 Å². The number of aromatic amines is 1. The van der Waals surface area contributed by atoms with E-state index < -0.39 is 6.10 Å². The average molecular weight is 378 g/mol. The number of aromatic nitrogens is 4. The smallest absolute Gasteiger partial charge is 0.165 e. The van der Waals surface area contributed by atoms with Crippen molar-refractivity contribution in [2.45, 2.75) is 13.0 Å². The van der Waals surface area contributed by atoms with Crippen molar-refractivity contribution in [3.8, 4) is 26.9 Å². The highest BCUT2D eigenvalue weighted by molar-refractivity contribution is 7.19. The molecule has 7 heteroatoms. The molecule has 3 heterocycles. The number of benzene rings is 1. The van der Waals surface area contributed by atoms with E-state index in [2.05, 4.69) is 20.2 Å². The van der Waals surface area contributed by atoms with Crippen molar-refractivity contribution < 1.29 is 9.84 Å². The highest BCUT2D eigenvalue weighted by atomic mass is 32.1. The Kier molecular flexibility index (Phi) is 4.70. The monoisotopic (exact) mass is 378 g/mol. The fourth-order valence-corrected chi connectivity index (χ4v) is 4.16. The average Bonchev–Trinajstić information content (AvgIpc) is 3.37. The van der Waals surface area contributed by atoms with E-state index in [0.717, 1.165) is 37.8 Å². The van der Waals surface area contributed by atoms with E-state index in [4.69, 9.17) is 4.74 Å². The predicted octanol–water partition coefficient (Wildman–Crippen LogP) is 3.99. The Morgan fingerprint density at radius 2 is 1.93 bits per heavy atom. The third-order valence-corrected chi connectivity index (χ3v) is 5.63. The minimum Gasteiger partial charge on any atom is -0.497 e. The molecule has 3 aromatic heterocycles. The zero-order valence-corrected chi connectivity index (χ0v) is 15.7. The highest BCUT2D eigenvalue weighted by Gasteiger charge is 2.23. The van der Waals surface area contributed by atoms with Gasteiger partial charge in [0, 0.05) is 22.8 Å². The summed E-state index contributed by atoms with van der Waals surface area (Å²) in [5.41, 5.74) is 3.62. The fourth-order valence-electron chi connectivity index (χ4n) is 3.02. The van der Waals surface area contributed by atoms with Crippen LogP contribution in [0.3, 0.4) is 0 Å². The Balaban J connectivity index is 1.82. The zero-order chi connectivity index (χ0) is 18.8. The molecule has 0 aliphatic carbocycles. The third kappa shape index (κ3) is 3.34. The molecule has 2 N–H and O–H groups in total. The molecular weight excluding hydrogens is 360 g/mol. The van der Waals surface area contributed by atoms with Crippen molar-refractivity contribution in [3.63, 3.8) is 0 Å². The summed E-state index contributed by atoms with van der Waals surface area (Å²) in [4.78, 5) is 10.3. The number of hydrogen-bond acceptors (Lipinski definition) is 6. The van der Waals surface area contributed by atoms with E-state index in [1.165, 1.54) is 6.33 Å². The van der Waals surface area contributed by atoms with Gasteiger partial charge in [-0.25, -0.2) is 4.98 Å². The summed E-state index contributed by atoms with van der Waals surface area (Å²) in [6.45, 7) is 1.96. The summed E-state index contributed by atoms with van der Waals surface area (Å²) in [6.07, 6.45) is 4.19. The summed E-state index contributed by atoms with van der Waals surface area (Å²) in [5.74, 6) is 1.40. The molecule has 1 aromatic carbocycles. The van der Waals surface area contributed by atoms with Crippen LogP contribution in [-0.4, -0.2) is 32.4 Å². The molecule has 0 radical (unpaired) electrons. The quantitative estimate of drug-likeness (QED) is 0.548. The molecule has 0 saturated carbocycles. The van der Waals surface area contributed by atoms with E-state index in [0.29, 0.717) is 5.82 Å². The molecule has 136 valence electrons. The summed E-state index contributed by atoms with van der Waals surface area (Å²) in [7, 11) is 1.63. The molecule has 0 aliphatic rings. The number of thiophene rings is 1. The van der Waals surface area contributed by atoms with E-state index >= 15 is 0 Å². The Morgan fingerprint density at radius 1 is 1.11 bits per heavy atom. The second kappa shape index (κ2) is 7.30. The number of hydrogen-bond donors (Lipinski definition) is 2. The number of aliphatic hydroxyl groups is 1. The van der Waals surface area contributed by atoms with Gasteiger partial charge in [0.25, 0.3) is 0 Å². The third-order valence-electron chi connectivity index (χ3n) is 4.42. The minimum absolute atomic E-state index is 0.639. The van der Waals surface area contributed by atoms with Gasteiger partial charge in [0.15, 0.2) is 5.82 Å². The second-order valence-electron chi connectivity index (χ2n) is 6.09. The lowest BCUT2D eigenvalue weighted by Crippen LogP contribution is -2.03. The summed E-state index contributed by atoms with van der Waals surface area (Å²) in [6, 6.07) is 11.6. The fraction of sp³-hybridized carbons (Fsp3) is 0.150. The van der Waals surface area contributed by atoms with Gasteiger partial charge in [-0.1, -0.05) is 6.07 Å². The first kappa shape index (κ1) is 17.4. The van der Waals surface area contributed by atoms with Crippen LogP contribution in [0.4, 0.5) is 0 Å². The van der Waals surface area contributed by atoms with Gasteiger partial charge in [0.05, 0.1) is 12.0 Å². The number of nitrogens with one attached hydrogen (secondary N) is 1. The van der Waals surface area contributed by atoms with Crippen LogP contribution in [-0.2, 0) is 0 Å². The Morgan fingerprint density at radius 3 is 2.59 bits per heavy atom. The van der Waals surface area contributed by atoms with Crippen LogP contribution in [0.25, 0.3) is 21.1 Å². The normalized spacial score (nSPS) is 12.1. The Bertz CT molecular complexity index is 1050. The van der Waals surface area contributed by atoms with Crippen LogP contribution in [0, 0.1) is 6.92 Å². The van der Waals surface area contributed by atoms with Crippen molar-refractivity contribution in [2.75, 3.05) is 7.11 Å². The second-order valence-corrected chi connectivity index (χ2v) is 7.14. The first-order valence-electron chi connectivity index (χ1n) is 8.40. The number of pyridine rings is 1. The molecule has 0 amide bonds. The number of aryl methyl sites for hydroxylation is 1. The molecule has 1 unspecified atom stereocenters. The number of rotatable bonds is 5. The summed E-state index contributed by atoms with van der Waals surface area (Å²) >= 11 is 1.56. The van der Waals surface area contributed by atoms with Crippen LogP contribution in [0.1, 0.15) is 22.8 Å². The molecule has 0 saturated heterocycles. The maximum Gasteiger partial charge on any atom is 0.165 e. The largest absolute Gasteiger partial charge is 0.497 e. The van der Waals surface area contributed by atoms with Crippen LogP contribution in [0.5, 0.6) is 5.75 Å². The van der Waals surface area contributed by atoms with Crippen LogP contribution < -0.4 is 4.74 Å². The van der Waals surface area contributed by atoms with Gasteiger partial charge in [-0.05, 0) is 53.9 Å². The molecule has 0 bridgehead atoms. The van der Waals surface area contributed by atoms with E-state index in [-0.39, 0.29) is 0 Å². The molecule has 6 nitrogen and oxygen atoms in total. The lowest BCUT2D eigenvalue weighted by Gasteiger charge is -2.15. The van der Waals surface area contributed by atoms with Gasteiger partial charge < -0.3 is 9.84 Å². The molecule has 27 heavy (non-hydrogen) atoms. The molecular formula is C20H18N4O2S. The van der Waals surface area contributed by atoms with Gasteiger partial charge in [-0.15, -0.1) is 11.3 Å². The standard InChI is InChI=1S/C20H18N4O2S/c1-12-9-14(26-2)3-4-15(12)18(25)16-10-17(13-5-7-21-8-6-13)27-19(16)20-22-11-23-24-20/h3-11,18,25H,1-2H3,(H,22,23,24).